The van der Waals surface area contributed by atoms with Gasteiger partial charge in [0.15, 0.2) is 11.6 Å². The first-order valence-corrected chi connectivity index (χ1v) is 25.7. The largest absolute Gasteiger partial charge is 0.507 e. The van der Waals surface area contributed by atoms with E-state index in [1.807, 2.05) is 13.8 Å². The highest BCUT2D eigenvalue weighted by Gasteiger charge is 2.28. The van der Waals surface area contributed by atoms with E-state index in [1.165, 1.54) is 0 Å². The fourth-order valence-corrected chi connectivity index (χ4v) is 9.10. The monoisotopic (exact) mass is 955 g/mol. The molecule has 0 saturated carbocycles. The molecule has 1 aliphatic rings. The third-order valence-corrected chi connectivity index (χ3v) is 13.3. The Balaban J connectivity index is 1.75. The first kappa shape index (κ1) is 55.4. The number of carbonyl (C=O) groups is 2. The van der Waals surface area contributed by atoms with Gasteiger partial charge >= 0.3 is 0 Å². The van der Waals surface area contributed by atoms with E-state index < -0.39 is 0 Å². The summed E-state index contributed by atoms with van der Waals surface area (Å²) in [6, 6.07) is 17.8. The molecule has 0 heterocycles. The Hall–Kier alpha value is -5.50. The number of carbonyl (C=O) groups excluding carboxylic acids is 2. The lowest BCUT2D eigenvalue weighted by atomic mass is 9.79. The number of benzene rings is 4. The van der Waals surface area contributed by atoms with Crippen LogP contribution in [0.1, 0.15) is 203 Å². The molecule has 4 N–H and O–H groups in total. The minimum Gasteiger partial charge on any atom is -0.507 e. The van der Waals surface area contributed by atoms with Gasteiger partial charge in [0.25, 0.3) is 0 Å². The zero-order valence-corrected chi connectivity index (χ0v) is 45.8. The van der Waals surface area contributed by atoms with E-state index in [2.05, 4.69) is 142 Å². The molecule has 0 spiro atoms. The van der Waals surface area contributed by atoms with E-state index in [0.29, 0.717) is 38.9 Å². The van der Waals surface area contributed by atoms with Gasteiger partial charge in [0.1, 0.15) is 23.0 Å². The van der Waals surface area contributed by atoms with Crippen LogP contribution in [0.25, 0.3) is 0 Å². The maximum absolute atomic E-state index is 12.7. The molecule has 5 rings (SSSR count). The summed E-state index contributed by atoms with van der Waals surface area (Å²) < 4.78 is 13.9. The number of ketones is 2. The van der Waals surface area contributed by atoms with Crippen molar-refractivity contribution in [2.75, 3.05) is 26.3 Å². The number of fused-ring (bicyclic) bond motifs is 8. The molecule has 8 bridgehead atoms. The molecule has 0 aromatic heterocycles. The first-order chi connectivity index (χ1) is 32.5. The maximum atomic E-state index is 12.7. The molecule has 0 saturated heterocycles. The Morgan fingerprint density at radius 1 is 0.443 bits per heavy atom. The molecule has 0 radical (unpaired) electrons. The highest BCUT2D eigenvalue weighted by molar-refractivity contribution is 5.88. The molecule has 4 aromatic carbocycles. The Morgan fingerprint density at radius 3 is 0.914 bits per heavy atom. The molecule has 0 fully saturated rings. The summed E-state index contributed by atoms with van der Waals surface area (Å²) in [5, 5.41) is 32.0. The molecule has 70 heavy (non-hydrogen) atoms. The van der Waals surface area contributed by atoms with Gasteiger partial charge in [0, 0.05) is 50.2 Å². The number of aromatic hydroxyl groups is 2. The molecule has 0 amide bonds. The van der Waals surface area contributed by atoms with Gasteiger partial charge in [-0.3, -0.25) is 9.59 Å². The predicted molar refractivity (Wildman–Crippen MR) is 289 cm³/mol. The molecule has 0 atom stereocenters. The summed E-state index contributed by atoms with van der Waals surface area (Å²) in [6.45, 7) is 36.1. The van der Waals surface area contributed by atoms with Crippen LogP contribution in [0.2, 0.25) is 0 Å². The van der Waals surface area contributed by atoms with Gasteiger partial charge in [-0.25, -0.2) is 0 Å². The van der Waals surface area contributed by atoms with Gasteiger partial charge < -0.3 is 30.3 Å². The second kappa shape index (κ2) is 22.7. The number of rotatable bonds is 16. The lowest BCUT2D eigenvalue weighted by molar-refractivity contribution is -0.113. The molecule has 8 heteroatoms. The van der Waals surface area contributed by atoms with Crippen LogP contribution in [0.15, 0.2) is 72.1 Å². The normalized spacial score (nSPS) is 13.8. The summed E-state index contributed by atoms with van der Waals surface area (Å²) in [5.74, 6) is 2.18. The van der Waals surface area contributed by atoms with Crippen LogP contribution < -0.4 is 20.1 Å². The summed E-state index contributed by atoms with van der Waals surface area (Å²) in [7, 11) is 0. The van der Waals surface area contributed by atoms with Crippen molar-refractivity contribution < 1.29 is 29.3 Å². The number of ether oxygens (including phenoxy) is 2. The van der Waals surface area contributed by atoms with E-state index in [4.69, 9.17) is 9.47 Å². The minimum absolute atomic E-state index is 0.0203. The molecule has 0 aliphatic heterocycles. The highest BCUT2D eigenvalue weighted by Crippen LogP contribution is 2.44. The fourth-order valence-electron chi connectivity index (χ4n) is 9.10. The van der Waals surface area contributed by atoms with E-state index in [9.17, 15) is 19.8 Å². The van der Waals surface area contributed by atoms with Crippen LogP contribution in [0.3, 0.4) is 0 Å². The lowest BCUT2D eigenvalue weighted by Gasteiger charge is -2.28. The quantitative estimate of drug-likeness (QED) is 0.0571. The maximum Gasteiger partial charge on any atom is 0.154 e. The third kappa shape index (κ3) is 15.3. The summed E-state index contributed by atoms with van der Waals surface area (Å²) >= 11 is 0. The molecular formula is C62H86N2O6. The predicted octanol–water partition coefficient (Wildman–Crippen LogP) is 13.4. The molecule has 4 aromatic rings. The number of allylic oxidation sites excluding steroid dienone is 4. The zero-order valence-electron chi connectivity index (χ0n) is 45.8. The number of phenols is 2. The van der Waals surface area contributed by atoms with E-state index in [0.717, 1.165) is 128 Å². The highest BCUT2D eigenvalue weighted by atomic mass is 16.5. The Bertz CT molecular complexity index is 2310. The summed E-state index contributed by atoms with van der Waals surface area (Å²) in [5.41, 5.74) is 12.8. The standard InChI is InChI=1S/C62H86N2O6/c1-39(25-41(3)65)63-21-17-19-23-69-57-47-27-43-31-51(59(5,6)7)33-45(55(43)67)29-49-37-54(62(14,15)16)38-50(58(49)70-24-20-18-22-64-40(2)26-42(4)66)30-46-34-52(60(8,9)10)32-44(56(46)68)28-48(57)36-53(35-47)61(11,12)13/h25-26,31-38,63-64,67-68H,17-24,27-30H2,1-16H3/b39-25-,40-26-. The zero-order chi connectivity index (χ0) is 51.9. The average molecular weight is 955 g/mol. The lowest BCUT2D eigenvalue weighted by Crippen LogP contribution is -2.17. The van der Waals surface area contributed by atoms with Crippen molar-refractivity contribution in [3.63, 3.8) is 0 Å². The molecule has 8 nitrogen and oxygen atoms in total. The molecule has 0 unspecified atom stereocenters. The minimum atomic E-state index is -0.212. The van der Waals surface area contributed by atoms with E-state index in [1.54, 1.807) is 26.0 Å². The van der Waals surface area contributed by atoms with Crippen LogP contribution in [0, 0.1) is 0 Å². The van der Waals surface area contributed by atoms with E-state index in [-0.39, 0.29) is 44.7 Å². The van der Waals surface area contributed by atoms with Gasteiger partial charge in [0.05, 0.1) is 13.2 Å². The van der Waals surface area contributed by atoms with Crippen molar-refractivity contribution in [1.82, 2.24) is 10.6 Å². The number of unbranched alkanes of at least 4 members (excludes halogenated alkanes) is 2. The van der Waals surface area contributed by atoms with Gasteiger partial charge in [-0.1, -0.05) is 132 Å². The Labute approximate surface area is 421 Å². The van der Waals surface area contributed by atoms with Crippen molar-refractivity contribution >= 4 is 11.6 Å². The molecule has 380 valence electrons. The van der Waals surface area contributed by atoms with Crippen molar-refractivity contribution in [3.05, 3.63) is 139 Å². The van der Waals surface area contributed by atoms with Crippen LogP contribution in [0.5, 0.6) is 23.0 Å². The molecular weight excluding hydrogens is 869 g/mol. The van der Waals surface area contributed by atoms with Crippen molar-refractivity contribution in [1.29, 1.82) is 0 Å². The van der Waals surface area contributed by atoms with Gasteiger partial charge in [-0.2, -0.15) is 0 Å². The topological polar surface area (TPSA) is 117 Å². The van der Waals surface area contributed by atoms with Gasteiger partial charge in [0.2, 0.25) is 0 Å². The third-order valence-electron chi connectivity index (χ3n) is 13.3. The van der Waals surface area contributed by atoms with Gasteiger partial charge in [-0.15, -0.1) is 0 Å². The molecule has 1 aliphatic carbocycles. The van der Waals surface area contributed by atoms with Crippen molar-refractivity contribution in [2.45, 2.75) is 184 Å². The van der Waals surface area contributed by atoms with Crippen molar-refractivity contribution in [2.24, 2.45) is 0 Å². The van der Waals surface area contributed by atoms with Gasteiger partial charge in [-0.05, 0) is 154 Å². The first-order valence-electron chi connectivity index (χ1n) is 25.7. The van der Waals surface area contributed by atoms with Crippen LogP contribution in [-0.4, -0.2) is 48.1 Å². The fraction of sp³-hybridized carbons (Fsp3) is 0.516. The van der Waals surface area contributed by atoms with Crippen molar-refractivity contribution in [3.8, 4) is 23.0 Å². The van der Waals surface area contributed by atoms with Crippen LogP contribution in [0.4, 0.5) is 0 Å². The Morgan fingerprint density at radius 2 is 0.686 bits per heavy atom. The average Bonchev–Trinajstić information content (AvgIpc) is 3.21. The smallest absolute Gasteiger partial charge is 0.154 e. The number of hydrogen-bond donors (Lipinski definition) is 4. The SMILES string of the molecule is CC(=O)/C=C(/C)NCCCCOc1c2cc(C(C)(C)C)cc1Cc1cc(C(C)(C)C)cc(c1O)Cc1cc(C(C)(C)C)cc(c1OCCCCN/C(C)=C\C(C)=O)Cc1cc(C(C)(C)C)cc(c1O)C2. The van der Waals surface area contributed by atoms with E-state index >= 15 is 0 Å². The van der Waals surface area contributed by atoms with Crippen LogP contribution >= 0.6 is 0 Å². The second-order valence-corrected chi connectivity index (χ2v) is 24.1. The number of hydrogen-bond acceptors (Lipinski definition) is 8. The second-order valence-electron chi connectivity index (χ2n) is 24.1. The summed E-state index contributed by atoms with van der Waals surface area (Å²) in [4.78, 5) is 23.3. The summed E-state index contributed by atoms with van der Waals surface area (Å²) in [6.07, 6.45) is 8.28. The number of nitrogens with one attached hydrogen (secondary N) is 2. The van der Waals surface area contributed by atoms with Crippen LogP contribution in [-0.2, 0) is 56.9 Å². The number of phenolic OH excluding ortho intramolecular Hbond substituents is 2. The Kier molecular flexibility index (Phi) is 18.0.